The molecule has 0 aromatic rings. The number of aliphatic hydroxyl groups excluding tert-OH is 2. The average molecular weight is 172 g/mol. The molecule has 68 valence electrons. The third-order valence-electron chi connectivity index (χ3n) is 2.73. The highest BCUT2D eigenvalue weighted by Crippen LogP contribution is 2.34. The lowest BCUT2D eigenvalue weighted by molar-refractivity contribution is -0.152. The van der Waals surface area contributed by atoms with Crippen molar-refractivity contribution in [2.75, 3.05) is 0 Å². The van der Waals surface area contributed by atoms with Crippen LogP contribution >= 0.6 is 0 Å². The van der Waals surface area contributed by atoms with E-state index >= 15 is 0 Å². The molecule has 12 heavy (non-hydrogen) atoms. The standard InChI is InChI=1S/C8H12O4/c9-5-2-1-4-3-6(10)12-8(4)7(5)11/h4-5,7-9,11H,1-3H2/t4-,5+,7-,8-/m0/s1. The molecule has 4 nitrogen and oxygen atoms in total. The van der Waals surface area contributed by atoms with Gasteiger partial charge < -0.3 is 14.9 Å². The van der Waals surface area contributed by atoms with Crippen molar-refractivity contribution in [2.45, 2.75) is 37.6 Å². The summed E-state index contributed by atoms with van der Waals surface area (Å²) in [6, 6.07) is 0. The molecule has 1 aliphatic heterocycles. The second-order valence-corrected chi connectivity index (χ2v) is 3.55. The maximum atomic E-state index is 10.8. The van der Waals surface area contributed by atoms with Crippen molar-refractivity contribution >= 4 is 5.97 Å². The first kappa shape index (κ1) is 8.01. The van der Waals surface area contributed by atoms with E-state index in [1.807, 2.05) is 0 Å². The molecule has 4 heteroatoms. The van der Waals surface area contributed by atoms with E-state index in [2.05, 4.69) is 0 Å². The molecule has 2 rings (SSSR count). The summed E-state index contributed by atoms with van der Waals surface area (Å²) in [6.07, 6.45) is -0.323. The van der Waals surface area contributed by atoms with E-state index in [0.29, 0.717) is 12.8 Å². The van der Waals surface area contributed by atoms with Crippen LogP contribution in [0.5, 0.6) is 0 Å². The third kappa shape index (κ3) is 1.11. The Morgan fingerprint density at radius 1 is 1.33 bits per heavy atom. The minimum atomic E-state index is -0.879. The summed E-state index contributed by atoms with van der Waals surface area (Å²) in [5.41, 5.74) is 0. The summed E-state index contributed by atoms with van der Waals surface area (Å²) < 4.78 is 4.90. The smallest absolute Gasteiger partial charge is 0.306 e. The van der Waals surface area contributed by atoms with Gasteiger partial charge in [0.1, 0.15) is 12.2 Å². The SMILES string of the molecule is O=C1C[C@@H]2CC[C@@H](O)[C@H](O)[C@H]2O1. The van der Waals surface area contributed by atoms with E-state index in [1.165, 1.54) is 0 Å². The molecule has 0 unspecified atom stereocenters. The van der Waals surface area contributed by atoms with E-state index in [9.17, 15) is 15.0 Å². The van der Waals surface area contributed by atoms with Gasteiger partial charge in [0.05, 0.1) is 12.5 Å². The van der Waals surface area contributed by atoms with Crippen LogP contribution in [0, 0.1) is 5.92 Å². The normalized spacial score (nSPS) is 47.0. The van der Waals surface area contributed by atoms with Gasteiger partial charge in [0.2, 0.25) is 0 Å². The van der Waals surface area contributed by atoms with Crippen LogP contribution < -0.4 is 0 Å². The van der Waals surface area contributed by atoms with Crippen molar-refractivity contribution in [3.63, 3.8) is 0 Å². The van der Waals surface area contributed by atoms with Crippen molar-refractivity contribution in [3.05, 3.63) is 0 Å². The fourth-order valence-corrected chi connectivity index (χ4v) is 2.02. The van der Waals surface area contributed by atoms with Crippen LogP contribution in [0.25, 0.3) is 0 Å². The van der Waals surface area contributed by atoms with E-state index in [1.54, 1.807) is 0 Å². The Bertz CT molecular complexity index is 203. The molecular formula is C8H12O4. The second kappa shape index (κ2) is 2.71. The zero-order valence-electron chi connectivity index (χ0n) is 6.64. The van der Waals surface area contributed by atoms with Gasteiger partial charge in [0.25, 0.3) is 0 Å². The van der Waals surface area contributed by atoms with Gasteiger partial charge in [-0.25, -0.2) is 0 Å². The molecule has 2 N–H and O–H groups in total. The van der Waals surface area contributed by atoms with Crippen LogP contribution in [-0.4, -0.2) is 34.5 Å². The first-order valence-corrected chi connectivity index (χ1v) is 4.24. The van der Waals surface area contributed by atoms with E-state index in [4.69, 9.17) is 4.74 Å². The number of fused-ring (bicyclic) bond motifs is 1. The van der Waals surface area contributed by atoms with Crippen LogP contribution in [0.15, 0.2) is 0 Å². The number of carbonyl (C=O) groups excluding carboxylic acids is 1. The summed E-state index contributed by atoms with van der Waals surface area (Å²) in [4.78, 5) is 10.8. The van der Waals surface area contributed by atoms with Gasteiger partial charge in [-0.05, 0) is 12.8 Å². The molecule has 2 fully saturated rings. The first-order valence-electron chi connectivity index (χ1n) is 4.24. The molecule has 1 saturated carbocycles. The topological polar surface area (TPSA) is 66.8 Å². The van der Waals surface area contributed by atoms with Gasteiger partial charge in [0, 0.05) is 5.92 Å². The van der Waals surface area contributed by atoms with Gasteiger partial charge in [-0.1, -0.05) is 0 Å². The van der Waals surface area contributed by atoms with Crippen molar-refractivity contribution in [2.24, 2.45) is 5.92 Å². The van der Waals surface area contributed by atoms with Gasteiger partial charge in [0.15, 0.2) is 0 Å². The quantitative estimate of drug-likeness (QED) is 0.480. The van der Waals surface area contributed by atoms with Crippen molar-refractivity contribution in [1.82, 2.24) is 0 Å². The molecule has 1 saturated heterocycles. The molecule has 0 bridgehead atoms. The molecule has 0 radical (unpaired) electrons. The van der Waals surface area contributed by atoms with E-state index in [0.717, 1.165) is 6.42 Å². The largest absolute Gasteiger partial charge is 0.459 e. The van der Waals surface area contributed by atoms with Gasteiger partial charge in [-0.2, -0.15) is 0 Å². The highest BCUT2D eigenvalue weighted by Gasteiger charge is 2.45. The van der Waals surface area contributed by atoms with Crippen LogP contribution in [0.3, 0.4) is 0 Å². The average Bonchev–Trinajstić information content (AvgIpc) is 2.39. The fourth-order valence-electron chi connectivity index (χ4n) is 2.02. The summed E-state index contributed by atoms with van der Waals surface area (Å²) in [6.45, 7) is 0. The van der Waals surface area contributed by atoms with Gasteiger partial charge >= 0.3 is 5.97 Å². The van der Waals surface area contributed by atoms with Crippen LogP contribution in [0.2, 0.25) is 0 Å². The zero-order chi connectivity index (χ0) is 8.72. The Morgan fingerprint density at radius 2 is 2.08 bits per heavy atom. The van der Waals surface area contributed by atoms with Crippen LogP contribution in [-0.2, 0) is 9.53 Å². The lowest BCUT2D eigenvalue weighted by Crippen LogP contribution is -2.44. The number of esters is 1. The van der Waals surface area contributed by atoms with Gasteiger partial charge in [-0.3, -0.25) is 4.79 Å². The Hall–Kier alpha value is -0.610. The molecule has 0 aromatic carbocycles. The highest BCUT2D eigenvalue weighted by atomic mass is 16.6. The van der Waals surface area contributed by atoms with Gasteiger partial charge in [-0.15, -0.1) is 0 Å². The predicted octanol–water partition coefficient (Wildman–Crippen LogP) is -0.566. The Labute approximate surface area is 70.1 Å². The number of aliphatic hydroxyl groups is 2. The van der Waals surface area contributed by atoms with Crippen molar-refractivity contribution in [3.8, 4) is 0 Å². The highest BCUT2D eigenvalue weighted by molar-refractivity contribution is 5.72. The maximum absolute atomic E-state index is 10.8. The Kier molecular flexibility index (Phi) is 1.81. The summed E-state index contributed by atoms with van der Waals surface area (Å²) in [5, 5.41) is 18.7. The zero-order valence-corrected chi connectivity index (χ0v) is 6.64. The van der Waals surface area contributed by atoms with E-state index < -0.39 is 18.3 Å². The van der Waals surface area contributed by atoms with Crippen molar-refractivity contribution < 1.29 is 19.7 Å². The summed E-state index contributed by atoms with van der Waals surface area (Å²) in [7, 11) is 0. The predicted molar refractivity (Wildman–Crippen MR) is 39.2 cm³/mol. The Balaban J connectivity index is 2.11. The molecule has 0 amide bonds. The number of hydrogen-bond acceptors (Lipinski definition) is 4. The second-order valence-electron chi connectivity index (χ2n) is 3.55. The lowest BCUT2D eigenvalue weighted by atomic mass is 9.82. The lowest BCUT2D eigenvalue weighted by Gasteiger charge is -2.31. The monoisotopic (exact) mass is 172 g/mol. The maximum Gasteiger partial charge on any atom is 0.306 e. The molecular weight excluding hydrogens is 160 g/mol. The molecule has 1 aliphatic carbocycles. The molecule has 0 spiro atoms. The summed E-state index contributed by atoms with van der Waals surface area (Å²) in [5.74, 6) is -0.131. The summed E-state index contributed by atoms with van der Waals surface area (Å²) >= 11 is 0. The first-order chi connectivity index (χ1) is 5.68. The number of carbonyl (C=O) groups is 1. The fraction of sp³-hybridized carbons (Fsp3) is 0.875. The molecule has 1 heterocycles. The Morgan fingerprint density at radius 3 is 2.83 bits per heavy atom. The third-order valence-corrected chi connectivity index (χ3v) is 2.73. The van der Waals surface area contributed by atoms with Crippen LogP contribution in [0.4, 0.5) is 0 Å². The minimum absolute atomic E-state index is 0.121. The molecule has 0 aromatic heterocycles. The number of ether oxygens (including phenoxy) is 1. The number of rotatable bonds is 0. The van der Waals surface area contributed by atoms with Crippen LogP contribution in [0.1, 0.15) is 19.3 Å². The number of hydrogen-bond donors (Lipinski definition) is 2. The molecule has 2 aliphatic rings. The van der Waals surface area contributed by atoms with E-state index in [-0.39, 0.29) is 11.9 Å². The minimum Gasteiger partial charge on any atom is -0.459 e. The molecule has 4 atom stereocenters. The van der Waals surface area contributed by atoms with Crippen molar-refractivity contribution in [1.29, 1.82) is 0 Å².